The summed E-state index contributed by atoms with van der Waals surface area (Å²) in [6.07, 6.45) is 3.38. The van der Waals surface area contributed by atoms with Crippen LogP contribution in [-0.2, 0) is 16.1 Å². The van der Waals surface area contributed by atoms with E-state index in [0.29, 0.717) is 13.1 Å². The predicted molar refractivity (Wildman–Crippen MR) is 63.7 cm³/mol. The second-order valence-corrected chi connectivity index (χ2v) is 4.31. The van der Waals surface area contributed by atoms with Gasteiger partial charge in [0.15, 0.2) is 0 Å². The van der Waals surface area contributed by atoms with Crippen LogP contribution in [0.5, 0.6) is 0 Å². The van der Waals surface area contributed by atoms with Gasteiger partial charge in [-0.25, -0.2) is 0 Å². The zero-order valence-electron chi connectivity index (χ0n) is 9.87. The fourth-order valence-corrected chi connectivity index (χ4v) is 1.98. The third-order valence-electron chi connectivity index (χ3n) is 2.88. The van der Waals surface area contributed by atoms with Gasteiger partial charge in [0.25, 0.3) is 0 Å². The third kappa shape index (κ3) is 3.27. The van der Waals surface area contributed by atoms with Crippen molar-refractivity contribution < 1.29 is 14.7 Å². The Kier molecular flexibility index (Phi) is 3.88. The molecule has 0 aromatic carbocycles. The number of hydrogen-bond donors (Lipinski definition) is 2. The van der Waals surface area contributed by atoms with Crippen LogP contribution in [-0.4, -0.2) is 46.0 Å². The van der Waals surface area contributed by atoms with Crippen LogP contribution in [0.15, 0.2) is 24.5 Å². The molecule has 96 valence electrons. The number of carboxylic acids is 1. The van der Waals surface area contributed by atoms with Crippen LogP contribution in [0, 0.1) is 0 Å². The SMILES string of the molecule is O=C(O)CC1CN(Cc2ccncc2)C(=O)CN1. The highest BCUT2D eigenvalue weighted by atomic mass is 16.4. The molecule has 0 bridgehead atoms. The Balaban J connectivity index is 1.97. The van der Waals surface area contributed by atoms with E-state index in [9.17, 15) is 9.59 Å². The van der Waals surface area contributed by atoms with Crippen LogP contribution >= 0.6 is 0 Å². The highest BCUT2D eigenvalue weighted by molar-refractivity contribution is 5.79. The average molecular weight is 249 g/mol. The molecular weight excluding hydrogens is 234 g/mol. The van der Waals surface area contributed by atoms with Gasteiger partial charge in [-0.2, -0.15) is 0 Å². The molecule has 18 heavy (non-hydrogen) atoms. The number of nitrogens with zero attached hydrogens (tertiary/aromatic N) is 2. The number of aromatic nitrogens is 1. The van der Waals surface area contributed by atoms with E-state index in [1.807, 2.05) is 12.1 Å². The van der Waals surface area contributed by atoms with Crippen molar-refractivity contribution in [3.05, 3.63) is 30.1 Å². The zero-order valence-corrected chi connectivity index (χ0v) is 9.87. The van der Waals surface area contributed by atoms with Crippen molar-refractivity contribution in [2.75, 3.05) is 13.1 Å². The lowest BCUT2D eigenvalue weighted by Crippen LogP contribution is -2.54. The number of hydrogen-bond acceptors (Lipinski definition) is 4. The van der Waals surface area contributed by atoms with E-state index in [2.05, 4.69) is 10.3 Å². The molecule has 1 amide bonds. The molecule has 2 rings (SSSR count). The van der Waals surface area contributed by atoms with Crippen molar-refractivity contribution in [2.24, 2.45) is 0 Å². The van der Waals surface area contributed by atoms with Crippen molar-refractivity contribution >= 4 is 11.9 Å². The molecule has 1 aliphatic heterocycles. The minimum atomic E-state index is -0.856. The van der Waals surface area contributed by atoms with Gasteiger partial charge in [0, 0.05) is 31.5 Å². The summed E-state index contributed by atoms with van der Waals surface area (Å²) in [5.74, 6) is -0.862. The molecule has 1 aromatic rings. The Morgan fingerprint density at radius 1 is 1.50 bits per heavy atom. The maximum absolute atomic E-state index is 11.7. The largest absolute Gasteiger partial charge is 0.481 e. The van der Waals surface area contributed by atoms with E-state index in [4.69, 9.17) is 5.11 Å². The van der Waals surface area contributed by atoms with E-state index >= 15 is 0 Å². The molecule has 1 unspecified atom stereocenters. The van der Waals surface area contributed by atoms with E-state index in [1.165, 1.54) is 0 Å². The minimum Gasteiger partial charge on any atom is -0.481 e. The first-order valence-corrected chi connectivity index (χ1v) is 5.77. The van der Waals surface area contributed by atoms with Gasteiger partial charge in [0.05, 0.1) is 13.0 Å². The van der Waals surface area contributed by atoms with Crippen LogP contribution in [0.2, 0.25) is 0 Å². The molecular formula is C12H15N3O3. The molecule has 0 aliphatic carbocycles. The fraction of sp³-hybridized carbons (Fsp3) is 0.417. The average Bonchev–Trinajstić information content (AvgIpc) is 2.34. The fourth-order valence-electron chi connectivity index (χ4n) is 1.98. The van der Waals surface area contributed by atoms with Crippen LogP contribution < -0.4 is 5.32 Å². The number of piperazine rings is 1. The molecule has 1 saturated heterocycles. The summed E-state index contributed by atoms with van der Waals surface area (Å²) in [5.41, 5.74) is 0.995. The van der Waals surface area contributed by atoms with Gasteiger partial charge in [-0.15, -0.1) is 0 Å². The summed E-state index contributed by atoms with van der Waals surface area (Å²) in [6, 6.07) is 3.52. The number of carboxylic acid groups (broad SMARTS) is 1. The number of carbonyl (C=O) groups is 2. The number of aliphatic carboxylic acids is 1. The standard InChI is InChI=1S/C12H15N3O3/c16-11-6-14-10(5-12(17)18)8-15(11)7-9-1-3-13-4-2-9/h1-4,10,14H,5-8H2,(H,17,18). The van der Waals surface area contributed by atoms with Crippen LogP contribution in [0.1, 0.15) is 12.0 Å². The molecule has 0 saturated carbocycles. The van der Waals surface area contributed by atoms with Crippen LogP contribution in [0.4, 0.5) is 0 Å². The van der Waals surface area contributed by atoms with Gasteiger partial charge in [0.2, 0.25) is 5.91 Å². The molecule has 6 heteroatoms. The Morgan fingerprint density at radius 2 is 2.22 bits per heavy atom. The molecule has 0 radical (unpaired) electrons. The molecule has 0 spiro atoms. The van der Waals surface area contributed by atoms with E-state index in [-0.39, 0.29) is 24.9 Å². The van der Waals surface area contributed by atoms with Gasteiger partial charge in [0.1, 0.15) is 0 Å². The van der Waals surface area contributed by atoms with Crippen molar-refractivity contribution in [2.45, 2.75) is 19.0 Å². The van der Waals surface area contributed by atoms with Crippen molar-refractivity contribution in [1.29, 1.82) is 0 Å². The smallest absolute Gasteiger partial charge is 0.304 e. The summed E-state index contributed by atoms with van der Waals surface area (Å²) in [4.78, 5) is 28.0. The van der Waals surface area contributed by atoms with Gasteiger partial charge < -0.3 is 15.3 Å². The van der Waals surface area contributed by atoms with Gasteiger partial charge in [-0.05, 0) is 17.7 Å². The molecule has 2 heterocycles. The van der Waals surface area contributed by atoms with Crippen LogP contribution in [0.3, 0.4) is 0 Å². The maximum atomic E-state index is 11.7. The van der Waals surface area contributed by atoms with Crippen molar-refractivity contribution in [3.63, 3.8) is 0 Å². The summed E-state index contributed by atoms with van der Waals surface area (Å²) < 4.78 is 0. The number of carbonyl (C=O) groups excluding carboxylic acids is 1. The normalized spacial score (nSPS) is 19.9. The number of amides is 1. The van der Waals surface area contributed by atoms with Gasteiger partial charge in [-0.1, -0.05) is 0 Å². The Hall–Kier alpha value is -1.95. The minimum absolute atomic E-state index is 0.00606. The lowest BCUT2D eigenvalue weighted by atomic mass is 10.1. The topological polar surface area (TPSA) is 82.5 Å². The molecule has 1 aromatic heterocycles. The first-order chi connectivity index (χ1) is 8.65. The Morgan fingerprint density at radius 3 is 2.89 bits per heavy atom. The van der Waals surface area contributed by atoms with E-state index in [0.717, 1.165) is 5.56 Å². The molecule has 6 nitrogen and oxygen atoms in total. The maximum Gasteiger partial charge on any atom is 0.304 e. The molecule has 1 fully saturated rings. The first kappa shape index (κ1) is 12.5. The quantitative estimate of drug-likeness (QED) is 0.776. The molecule has 1 atom stereocenters. The van der Waals surface area contributed by atoms with Crippen LogP contribution in [0.25, 0.3) is 0 Å². The van der Waals surface area contributed by atoms with E-state index in [1.54, 1.807) is 17.3 Å². The van der Waals surface area contributed by atoms with Gasteiger partial charge >= 0.3 is 5.97 Å². The zero-order chi connectivity index (χ0) is 13.0. The summed E-state index contributed by atoms with van der Waals surface area (Å²) >= 11 is 0. The highest BCUT2D eigenvalue weighted by Gasteiger charge is 2.26. The van der Waals surface area contributed by atoms with Crippen molar-refractivity contribution in [3.8, 4) is 0 Å². The highest BCUT2D eigenvalue weighted by Crippen LogP contribution is 2.09. The lowest BCUT2D eigenvalue weighted by Gasteiger charge is -2.32. The first-order valence-electron chi connectivity index (χ1n) is 5.77. The number of nitrogens with one attached hydrogen (secondary N) is 1. The monoisotopic (exact) mass is 249 g/mol. The third-order valence-corrected chi connectivity index (χ3v) is 2.88. The second kappa shape index (κ2) is 5.59. The summed E-state index contributed by atoms with van der Waals surface area (Å²) in [6.45, 7) is 1.12. The molecule has 1 aliphatic rings. The van der Waals surface area contributed by atoms with Gasteiger partial charge in [-0.3, -0.25) is 14.6 Å². The number of pyridine rings is 1. The Labute approximate surface area is 105 Å². The van der Waals surface area contributed by atoms with Crippen molar-refractivity contribution in [1.82, 2.24) is 15.2 Å². The number of rotatable bonds is 4. The molecule has 2 N–H and O–H groups in total. The van der Waals surface area contributed by atoms with E-state index < -0.39 is 5.97 Å². The predicted octanol–water partition coefficient (Wildman–Crippen LogP) is -0.143. The summed E-state index contributed by atoms with van der Waals surface area (Å²) in [5, 5.41) is 11.7. The summed E-state index contributed by atoms with van der Waals surface area (Å²) in [7, 11) is 0. The Bertz CT molecular complexity index is 435. The second-order valence-electron chi connectivity index (χ2n) is 4.31. The lowest BCUT2D eigenvalue weighted by molar-refractivity contribution is -0.140.